The quantitative estimate of drug-likeness (QED) is 0.934. The highest BCUT2D eigenvalue weighted by atomic mass is 35.5. The number of halogens is 1. The Bertz CT molecular complexity index is 579. The average molecular weight is 273 g/mol. The molecule has 83 valence electrons. The van der Waals surface area contributed by atoms with Crippen LogP contribution < -0.4 is 4.72 Å². The minimum atomic E-state index is -3.51. The van der Waals surface area contributed by atoms with E-state index in [1.165, 1.54) is 6.07 Å². The third kappa shape index (κ3) is 2.55. The minimum absolute atomic E-state index is 0.265. The van der Waals surface area contributed by atoms with E-state index < -0.39 is 10.0 Å². The van der Waals surface area contributed by atoms with Crippen molar-refractivity contribution in [1.29, 1.82) is 0 Å². The molecule has 0 fully saturated rings. The lowest BCUT2D eigenvalue weighted by atomic mass is 10.3. The topological polar surface area (TPSA) is 46.2 Å². The van der Waals surface area contributed by atoms with E-state index in [1.54, 1.807) is 29.6 Å². The highest BCUT2D eigenvalue weighted by molar-refractivity contribution is 7.94. The Kier molecular flexibility index (Phi) is 3.18. The summed E-state index contributed by atoms with van der Waals surface area (Å²) in [7, 11) is -3.51. The van der Waals surface area contributed by atoms with Gasteiger partial charge in [-0.3, -0.25) is 4.72 Å². The van der Waals surface area contributed by atoms with E-state index in [4.69, 9.17) is 11.6 Å². The van der Waals surface area contributed by atoms with Crippen LogP contribution >= 0.6 is 22.9 Å². The Balaban J connectivity index is 2.29. The molecule has 0 unspecified atom stereocenters. The third-order valence-electron chi connectivity index (χ3n) is 1.76. The van der Waals surface area contributed by atoms with Gasteiger partial charge in [0.1, 0.15) is 4.21 Å². The molecule has 3 nitrogen and oxygen atoms in total. The summed E-state index contributed by atoms with van der Waals surface area (Å²) in [6, 6.07) is 10.8. The molecule has 0 aliphatic rings. The Labute approximate surface area is 103 Å². The summed E-state index contributed by atoms with van der Waals surface area (Å²) in [5.74, 6) is 0. The van der Waals surface area contributed by atoms with E-state index in [0.717, 1.165) is 11.3 Å². The number of thiophene rings is 1. The largest absolute Gasteiger partial charge is 0.278 e. The fourth-order valence-electron chi connectivity index (χ4n) is 1.11. The van der Waals surface area contributed by atoms with Crippen LogP contribution in [0.25, 0.3) is 0 Å². The lowest BCUT2D eigenvalue weighted by Crippen LogP contribution is -2.11. The van der Waals surface area contributed by atoms with Crippen molar-refractivity contribution >= 4 is 38.6 Å². The predicted octanol–water partition coefficient (Wildman–Crippen LogP) is 3.00. The molecule has 0 aliphatic heterocycles. The molecule has 1 heterocycles. The number of sulfonamides is 1. The van der Waals surface area contributed by atoms with Crippen molar-refractivity contribution in [1.82, 2.24) is 0 Å². The lowest BCUT2D eigenvalue weighted by molar-refractivity contribution is 0.603. The smallest absolute Gasteiger partial charge is 0.271 e. The number of nitrogens with one attached hydrogen (secondary N) is 1. The fourth-order valence-corrected chi connectivity index (χ4v) is 3.30. The Hall–Kier alpha value is -1.04. The standard InChI is InChI=1S/C10H7ClNO2S2/c11-8-3-1-4-9(7-8)12-16(13,14)10-5-2-6-15-10/h1-6,12H. The second-order valence-electron chi connectivity index (χ2n) is 2.95. The molecular formula is C10H7ClNO2S2. The zero-order valence-corrected chi connectivity index (χ0v) is 10.4. The molecular weight excluding hydrogens is 266 g/mol. The molecule has 1 N–H and O–H groups in total. The molecule has 2 rings (SSSR count). The lowest BCUT2D eigenvalue weighted by Gasteiger charge is -2.05. The molecule has 0 saturated carbocycles. The highest BCUT2D eigenvalue weighted by Gasteiger charge is 2.14. The molecule has 0 atom stereocenters. The first-order valence-corrected chi connectivity index (χ1v) is 7.06. The Morgan fingerprint density at radius 2 is 2.06 bits per heavy atom. The van der Waals surface area contributed by atoms with Crippen LogP contribution in [-0.2, 0) is 10.0 Å². The van der Waals surface area contributed by atoms with Crippen molar-refractivity contribution in [3.63, 3.8) is 0 Å². The van der Waals surface area contributed by atoms with Crippen LogP contribution in [0.2, 0.25) is 5.02 Å². The van der Waals surface area contributed by atoms with Crippen LogP contribution in [0, 0.1) is 6.07 Å². The fraction of sp³-hybridized carbons (Fsp3) is 0. The van der Waals surface area contributed by atoms with Gasteiger partial charge in [0.15, 0.2) is 0 Å². The van der Waals surface area contributed by atoms with Gasteiger partial charge in [-0.2, -0.15) is 0 Å². The molecule has 16 heavy (non-hydrogen) atoms. The van der Waals surface area contributed by atoms with Crippen molar-refractivity contribution in [2.45, 2.75) is 4.21 Å². The molecule has 0 amide bonds. The molecule has 0 saturated heterocycles. The molecule has 1 radical (unpaired) electrons. The van der Waals surface area contributed by atoms with Gasteiger partial charge in [0.25, 0.3) is 10.0 Å². The molecule has 0 bridgehead atoms. The van der Waals surface area contributed by atoms with Gasteiger partial charge in [-0.15, -0.1) is 11.3 Å². The molecule has 1 aromatic carbocycles. The normalized spacial score (nSPS) is 11.3. The van der Waals surface area contributed by atoms with Crippen LogP contribution in [0.15, 0.2) is 39.9 Å². The van der Waals surface area contributed by atoms with E-state index in [9.17, 15) is 8.42 Å². The number of anilines is 1. The van der Waals surface area contributed by atoms with E-state index in [-0.39, 0.29) is 4.21 Å². The van der Waals surface area contributed by atoms with Crippen molar-refractivity contribution < 1.29 is 8.42 Å². The van der Waals surface area contributed by atoms with Gasteiger partial charge in [0, 0.05) is 6.07 Å². The molecule has 1 aromatic heterocycles. The predicted molar refractivity (Wildman–Crippen MR) is 65.4 cm³/mol. The number of rotatable bonds is 3. The third-order valence-corrected chi connectivity index (χ3v) is 4.75. The van der Waals surface area contributed by atoms with E-state index in [1.807, 2.05) is 0 Å². The molecule has 6 heteroatoms. The van der Waals surface area contributed by atoms with Gasteiger partial charge in [0.2, 0.25) is 0 Å². The summed E-state index contributed by atoms with van der Waals surface area (Å²) < 4.78 is 26.3. The average Bonchev–Trinajstić information content (AvgIpc) is 2.69. The van der Waals surface area contributed by atoms with E-state index in [2.05, 4.69) is 10.8 Å². The van der Waals surface area contributed by atoms with Gasteiger partial charge < -0.3 is 0 Å². The molecule has 0 spiro atoms. The maximum atomic E-state index is 11.8. The van der Waals surface area contributed by atoms with E-state index >= 15 is 0 Å². The van der Waals surface area contributed by atoms with Crippen LogP contribution in [-0.4, -0.2) is 8.42 Å². The number of benzene rings is 1. The van der Waals surface area contributed by atoms with Gasteiger partial charge in [0.05, 0.1) is 10.7 Å². The Morgan fingerprint density at radius 3 is 2.69 bits per heavy atom. The van der Waals surface area contributed by atoms with Crippen LogP contribution in [0.1, 0.15) is 0 Å². The van der Waals surface area contributed by atoms with Crippen LogP contribution in [0.5, 0.6) is 0 Å². The van der Waals surface area contributed by atoms with E-state index in [0.29, 0.717) is 10.7 Å². The first kappa shape index (κ1) is 11.4. The van der Waals surface area contributed by atoms with Gasteiger partial charge in [-0.1, -0.05) is 23.7 Å². The summed E-state index contributed by atoms with van der Waals surface area (Å²) in [5, 5.41) is 2.07. The summed E-state index contributed by atoms with van der Waals surface area (Å²) in [6.45, 7) is 0. The van der Waals surface area contributed by atoms with Gasteiger partial charge in [-0.05, 0) is 23.6 Å². The van der Waals surface area contributed by atoms with Crippen molar-refractivity contribution in [3.05, 3.63) is 46.8 Å². The summed E-state index contributed by atoms with van der Waals surface area (Å²) >= 11 is 6.87. The van der Waals surface area contributed by atoms with Crippen LogP contribution in [0.3, 0.4) is 0 Å². The zero-order valence-electron chi connectivity index (χ0n) is 7.98. The summed E-state index contributed by atoms with van der Waals surface area (Å²) in [5.41, 5.74) is 0.334. The first-order chi connectivity index (χ1) is 7.58. The van der Waals surface area contributed by atoms with Crippen molar-refractivity contribution in [3.8, 4) is 0 Å². The minimum Gasteiger partial charge on any atom is -0.278 e. The van der Waals surface area contributed by atoms with Crippen LogP contribution in [0.4, 0.5) is 5.69 Å². The number of hydrogen-bond donors (Lipinski definition) is 1. The monoisotopic (exact) mass is 272 g/mol. The second-order valence-corrected chi connectivity index (χ2v) is 6.21. The molecule has 0 aliphatic carbocycles. The Morgan fingerprint density at radius 1 is 1.25 bits per heavy atom. The molecule has 2 aromatic rings. The van der Waals surface area contributed by atoms with Crippen molar-refractivity contribution in [2.24, 2.45) is 0 Å². The first-order valence-electron chi connectivity index (χ1n) is 4.32. The summed E-state index contributed by atoms with van der Waals surface area (Å²) in [6.07, 6.45) is 0. The van der Waals surface area contributed by atoms with Gasteiger partial charge >= 0.3 is 0 Å². The maximum Gasteiger partial charge on any atom is 0.271 e. The highest BCUT2D eigenvalue weighted by Crippen LogP contribution is 2.21. The van der Waals surface area contributed by atoms with Crippen molar-refractivity contribution in [2.75, 3.05) is 4.72 Å². The maximum absolute atomic E-state index is 11.8. The second kappa shape index (κ2) is 4.45. The summed E-state index contributed by atoms with van der Waals surface area (Å²) in [4.78, 5) is 0. The zero-order chi connectivity index (χ0) is 11.6. The number of hydrogen-bond acceptors (Lipinski definition) is 3. The van der Waals surface area contributed by atoms with Gasteiger partial charge in [-0.25, -0.2) is 8.42 Å². The SMILES string of the molecule is O=S(=O)(Nc1[c]c(Cl)ccc1)c1cccs1.